The van der Waals surface area contributed by atoms with E-state index in [-0.39, 0.29) is 5.82 Å². The first kappa shape index (κ1) is 15.8. The van der Waals surface area contributed by atoms with Gasteiger partial charge in [0.25, 0.3) is 0 Å². The number of hydrogen-bond acceptors (Lipinski definition) is 3. The molecule has 2 fully saturated rings. The normalized spacial score (nSPS) is 23.0. The largest absolute Gasteiger partial charge is 0.445 e. The van der Waals surface area contributed by atoms with Crippen molar-refractivity contribution >= 4 is 0 Å². The molecule has 0 N–H and O–H groups in total. The van der Waals surface area contributed by atoms with Crippen LogP contribution in [0.5, 0.6) is 0 Å². The SMILES string of the molecule is Fc1cccc(Cc2cnc([C@H]3CCN(C4CCCCC4)C3)o2)c1. The van der Waals surface area contributed by atoms with E-state index in [0.29, 0.717) is 12.3 Å². The molecule has 0 bridgehead atoms. The summed E-state index contributed by atoms with van der Waals surface area (Å²) in [6.07, 6.45) is 10.4. The first-order valence-corrected chi connectivity index (χ1v) is 9.21. The molecule has 0 unspecified atom stereocenters. The number of hydrogen-bond donors (Lipinski definition) is 0. The van der Waals surface area contributed by atoms with E-state index in [1.807, 2.05) is 12.3 Å². The predicted octanol–water partition coefficient (Wildman–Crippen LogP) is 4.53. The third-order valence-corrected chi connectivity index (χ3v) is 5.50. The summed E-state index contributed by atoms with van der Waals surface area (Å²) in [6.45, 7) is 2.24. The summed E-state index contributed by atoms with van der Waals surface area (Å²) in [6, 6.07) is 7.45. The van der Waals surface area contributed by atoms with E-state index in [0.717, 1.165) is 42.8 Å². The third-order valence-electron chi connectivity index (χ3n) is 5.50. The molecule has 2 aromatic rings. The summed E-state index contributed by atoms with van der Waals surface area (Å²) in [4.78, 5) is 7.15. The third kappa shape index (κ3) is 3.54. The summed E-state index contributed by atoms with van der Waals surface area (Å²) < 4.78 is 19.3. The van der Waals surface area contributed by atoms with Gasteiger partial charge in [-0.2, -0.15) is 0 Å². The number of rotatable bonds is 4. The highest BCUT2D eigenvalue weighted by Gasteiger charge is 2.32. The van der Waals surface area contributed by atoms with Gasteiger partial charge in [-0.1, -0.05) is 31.4 Å². The molecule has 0 spiro atoms. The van der Waals surface area contributed by atoms with Crippen molar-refractivity contribution in [3.05, 3.63) is 53.5 Å². The fourth-order valence-corrected chi connectivity index (χ4v) is 4.21. The van der Waals surface area contributed by atoms with Crippen LogP contribution in [0.2, 0.25) is 0 Å². The van der Waals surface area contributed by atoms with E-state index in [2.05, 4.69) is 9.88 Å². The van der Waals surface area contributed by atoms with Gasteiger partial charge in [0.1, 0.15) is 11.6 Å². The second-order valence-corrected chi connectivity index (χ2v) is 7.24. The molecule has 2 heterocycles. The molecule has 3 nitrogen and oxygen atoms in total. The van der Waals surface area contributed by atoms with Gasteiger partial charge in [-0.15, -0.1) is 0 Å². The molecule has 1 aromatic carbocycles. The molecule has 1 saturated heterocycles. The first-order chi connectivity index (χ1) is 11.8. The second-order valence-electron chi connectivity index (χ2n) is 7.24. The maximum Gasteiger partial charge on any atom is 0.198 e. The zero-order chi connectivity index (χ0) is 16.4. The van der Waals surface area contributed by atoms with E-state index in [9.17, 15) is 4.39 Å². The van der Waals surface area contributed by atoms with E-state index in [4.69, 9.17) is 4.42 Å². The van der Waals surface area contributed by atoms with Crippen LogP contribution in [0.3, 0.4) is 0 Å². The van der Waals surface area contributed by atoms with Gasteiger partial charge < -0.3 is 4.42 Å². The lowest BCUT2D eigenvalue weighted by Gasteiger charge is -2.30. The van der Waals surface area contributed by atoms with Crippen LogP contribution in [0.1, 0.15) is 61.7 Å². The molecule has 1 atom stereocenters. The molecule has 4 heteroatoms. The van der Waals surface area contributed by atoms with Crippen molar-refractivity contribution < 1.29 is 8.81 Å². The van der Waals surface area contributed by atoms with Crippen molar-refractivity contribution in [2.75, 3.05) is 13.1 Å². The maximum atomic E-state index is 13.3. The van der Waals surface area contributed by atoms with Crippen LogP contribution in [0.15, 0.2) is 34.9 Å². The standard InChI is InChI=1S/C20H25FN2O/c21-17-6-4-5-15(11-17)12-19-13-22-20(24-19)16-9-10-23(14-16)18-7-2-1-3-8-18/h4-6,11,13,16,18H,1-3,7-10,12,14H2/t16-/m0/s1. The Morgan fingerprint density at radius 3 is 2.88 bits per heavy atom. The monoisotopic (exact) mass is 328 g/mol. The van der Waals surface area contributed by atoms with Gasteiger partial charge in [0.15, 0.2) is 5.89 Å². The molecule has 24 heavy (non-hydrogen) atoms. The Balaban J connectivity index is 1.38. The number of oxazole rings is 1. The Hall–Kier alpha value is -1.68. The Morgan fingerprint density at radius 1 is 1.17 bits per heavy atom. The lowest BCUT2D eigenvalue weighted by molar-refractivity contribution is 0.187. The van der Waals surface area contributed by atoms with Crippen LogP contribution in [-0.2, 0) is 6.42 Å². The minimum Gasteiger partial charge on any atom is -0.445 e. The highest BCUT2D eigenvalue weighted by molar-refractivity contribution is 5.21. The van der Waals surface area contributed by atoms with Crippen molar-refractivity contribution in [3.63, 3.8) is 0 Å². The molecule has 2 aliphatic rings. The van der Waals surface area contributed by atoms with Crippen molar-refractivity contribution in [2.24, 2.45) is 0 Å². The van der Waals surface area contributed by atoms with E-state index < -0.39 is 0 Å². The molecule has 4 rings (SSSR count). The average molecular weight is 328 g/mol. The summed E-state index contributed by atoms with van der Waals surface area (Å²) >= 11 is 0. The average Bonchev–Trinajstić information content (AvgIpc) is 3.25. The van der Waals surface area contributed by atoms with Crippen LogP contribution < -0.4 is 0 Å². The Morgan fingerprint density at radius 2 is 2.04 bits per heavy atom. The maximum absolute atomic E-state index is 13.3. The molecular formula is C20H25FN2O. The molecule has 128 valence electrons. The molecule has 1 aromatic heterocycles. The molecule has 1 aliphatic heterocycles. The summed E-state index contributed by atoms with van der Waals surface area (Å²) in [5.74, 6) is 1.89. The highest BCUT2D eigenvalue weighted by Crippen LogP contribution is 2.32. The minimum atomic E-state index is -0.203. The van der Waals surface area contributed by atoms with Gasteiger partial charge in [-0.25, -0.2) is 9.37 Å². The first-order valence-electron chi connectivity index (χ1n) is 9.21. The quantitative estimate of drug-likeness (QED) is 0.826. The van der Waals surface area contributed by atoms with Crippen molar-refractivity contribution in [1.29, 1.82) is 0 Å². The van der Waals surface area contributed by atoms with Crippen LogP contribution in [0.4, 0.5) is 4.39 Å². The van der Waals surface area contributed by atoms with Gasteiger partial charge in [-0.3, -0.25) is 4.90 Å². The van der Waals surface area contributed by atoms with E-state index in [1.54, 1.807) is 12.1 Å². The zero-order valence-electron chi connectivity index (χ0n) is 14.1. The number of aromatic nitrogens is 1. The van der Waals surface area contributed by atoms with Crippen LogP contribution in [0.25, 0.3) is 0 Å². The summed E-state index contributed by atoms with van der Waals surface area (Å²) in [5, 5.41) is 0. The lowest BCUT2D eigenvalue weighted by atomic mass is 9.94. The smallest absolute Gasteiger partial charge is 0.198 e. The molecule has 1 saturated carbocycles. The van der Waals surface area contributed by atoms with Crippen molar-refractivity contribution in [3.8, 4) is 0 Å². The molecule has 0 radical (unpaired) electrons. The van der Waals surface area contributed by atoms with Crippen LogP contribution in [0, 0.1) is 5.82 Å². The number of nitrogens with zero attached hydrogens (tertiary/aromatic N) is 2. The van der Waals surface area contributed by atoms with E-state index >= 15 is 0 Å². The topological polar surface area (TPSA) is 29.3 Å². The Kier molecular flexibility index (Phi) is 4.65. The van der Waals surface area contributed by atoms with Gasteiger partial charge >= 0.3 is 0 Å². The molecule has 1 aliphatic carbocycles. The lowest BCUT2D eigenvalue weighted by Crippen LogP contribution is -2.34. The van der Waals surface area contributed by atoms with Gasteiger partial charge in [0.05, 0.1) is 6.20 Å². The number of halogens is 1. The minimum absolute atomic E-state index is 0.203. The zero-order valence-corrected chi connectivity index (χ0v) is 14.1. The Labute approximate surface area is 142 Å². The summed E-state index contributed by atoms with van der Waals surface area (Å²) in [7, 11) is 0. The number of benzene rings is 1. The van der Waals surface area contributed by atoms with Gasteiger partial charge in [-0.05, 0) is 43.5 Å². The number of likely N-dealkylation sites (tertiary alicyclic amines) is 1. The predicted molar refractivity (Wildman–Crippen MR) is 91.5 cm³/mol. The molecule has 0 amide bonds. The van der Waals surface area contributed by atoms with Crippen molar-refractivity contribution in [2.45, 2.75) is 56.9 Å². The Bertz CT molecular complexity index is 678. The fourth-order valence-electron chi connectivity index (χ4n) is 4.21. The fraction of sp³-hybridized carbons (Fsp3) is 0.550. The van der Waals surface area contributed by atoms with Gasteiger partial charge in [0.2, 0.25) is 0 Å². The second kappa shape index (κ2) is 7.06. The highest BCUT2D eigenvalue weighted by atomic mass is 19.1. The summed E-state index contributed by atoms with van der Waals surface area (Å²) in [5.41, 5.74) is 0.924. The van der Waals surface area contributed by atoms with Crippen molar-refractivity contribution in [1.82, 2.24) is 9.88 Å². The van der Waals surface area contributed by atoms with Gasteiger partial charge in [0, 0.05) is 24.9 Å². The van der Waals surface area contributed by atoms with E-state index in [1.165, 1.54) is 38.2 Å². The molecular weight excluding hydrogens is 303 g/mol. The van der Waals surface area contributed by atoms with Crippen LogP contribution >= 0.6 is 0 Å². The van der Waals surface area contributed by atoms with Crippen LogP contribution in [-0.4, -0.2) is 29.0 Å².